The Morgan fingerprint density at radius 3 is 2.48 bits per heavy atom. The minimum Gasteiger partial charge on any atom is -0.497 e. The van der Waals surface area contributed by atoms with Crippen LogP contribution in [0.5, 0.6) is 5.75 Å². The number of thioether (sulfide) groups is 1. The van der Waals surface area contributed by atoms with Gasteiger partial charge in [-0.2, -0.15) is 0 Å². The van der Waals surface area contributed by atoms with E-state index in [0.717, 1.165) is 36.3 Å². The highest BCUT2D eigenvalue weighted by Crippen LogP contribution is 2.32. The van der Waals surface area contributed by atoms with Crippen molar-refractivity contribution in [3.8, 4) is 5.75 Å². The Balaban J connectivity index is 1.39. The third kappa shape index (κ3) is 6.67. The number of anilines is 1. The van der Waals surface area contributed by atoms with Crippen LogP contribution in [0.3, 0.4) is 0 Å². The van der Waals surface area contributed by atoms with Crippen LogP contribution in [-0.4, -0.2) is 34.7 Å². The maximum atomic E-state index is 12.7. The number of thiocarbonyl (C=S) groups is 1. The van der Waals surface area contributed by atoms with Gasteiger partial charge in [0.15, 0.2) is 0 Å². The summed E-state index contributed by atoms with van der Waals surface area (Å²) in [7, 11) is 1.61. The van der Waals surface area contributed by atoms with E-state index in [9.17, 15) is 9.59 Å². The Bertz CT molecular complexity index is 969. The monoisotopic (exact) mass is 454 g/mol. The van der Waals surface area contributed by atoms with Gasteiger partial charge in [0.1, 0.15) is 10.1 Å². The van der Waals surface area contributed by atoms with E-state index in [0.29, 0.717) is 22.2 Å². The fraction of sp³-hybridized carbons (Fsp3) is 0.292. The molecule has 7 heteroatoms. The van der Waals surface area contributed by atoms with E-state index in [-0.39, 0.29) is 11.8 Å². The minimum absolute atomic E-state index is 0.0168. The molecule has 31 heavy (non-hydrogen) atoms. The average molecular weight is 455 g/mol. The van der Waals surface area contributed by atoms with E-state index in [4.69, 9.17) is 17.0 Å². The van der Waals surface area contributed by atoms with Crippen molar-refractivity contribution in [1.82, 2.24) is 4.90 Å². The van der Waals surface area contributed by atoms with Crippen LogP contribution >= 0.6 is 24.0 Å². The van der Waals surface area contributed by atoms with Crippen molar-refractivity contribution < 1.29 is 14.3 Å². The molecule has 1 heterocycles. The van der Waals surface area contributed by atoms with E-state index in [1.54, 1.807) is 12.0 Å². The molecule has 0 bridgehead atoms. The number of nitrogens with zero attached hydrogens (tertiary/aromatic N) is 1. The first-order valence-corrected chi connectivity index (χ1v) is 11.4. The van der Waals surface area contributed by atoms with Crippen LogP contribution in [0.15, 0.2) is 53.4 Å². The molecule has 0 radical (unpaired) electrons. The lowest BCUT2D eigenvalue weighted by atomic mass is 10.1. The van der Waals surface area contributed by atoms with Gasteiger partial charge >= 0.3 is 0 Å². The summed E-state index contributed by atoms with van der Waals surface area (Å²) in [4.78, 5) is 27.1. The molecule has 1 N–H and O–H groups in total. The molecule has 0 unspecified atom stereocenters. The van der Waals surface area contributed by atoms with Gasteiger partial charge in [0, 0.05) is 18.7 Å². The highest BCUT2D eigenvalue weighted by Gasteiger charge is 2.31. The number of nitrogens with one attached hydrogen (secondary N) is 1. The fourth-order valence-corrected chi connectivity index (χ4v) is 4.45. The molecule has 1 aliphatic heterocycles. The van der Waals surface area contributed by atoms with Crippen molar-refractivity contribution in [1.29, 1.82) is 0 Å². The van der Waals surface area contributed by atoms with Crippen molar-refractivity contribution in [2.45, 2.75) is 32.6 Å². The lowest BCUT2D eigenvalue weighted by Gasteiger charge is -2.14. The number of methoxy groups -OCH3 is 1. The number of hydrogen-bond acceptors (Lipinski definition) is 5. The smallest absolute Gasteiger partial charge is 0.266 e. The molecule has 5 nitrogen and oxygen atoms in total. The van der Waals surface area contributed by atoms with Gasteiger partial charge in [-0.05, 0) is 55.7 Å². The summed E-state index contributed by atoms with van der Waals surface area (Å²) in [5, 5.41) is 2.88. The Hall–Kier alpha value is -2.64. The Morgan fingerprint density at radius 2 is 1.81 bits per heavy atom. The standard InChI is InChI=1S/C24H26N2O3S2/c1-17-7-9-18(10-8-17)16-21-23(28)26(24(30)31-21)15-5-3-4-6-22(27)25-19-11-13-20(29-2)14-12-19/h7-14,16H,3-6,15H2,1-2H3,(H,25,27)/b21-16-. The van der Waals surface area contributed by atoms with E-state index in [1.165, 1.54) is 17.3 Å². The number of carbonyl (C=O) groups excluding carboxylic acids is 2. The van der Waals surface area contributed by atoms with Gasteiger partial charge in [-0.25, -0.2) is 0 Å². The van der Waals surface area contributed by atoms with E-state index < -0.39 is 0 Å². The molecule has 0 atom stereocenters. The van der Waals surface area contributed by atoms with Gasteiger partial charge < -0.3 is 10.1 Å². The largest absolute Gasteiger partial charge is 0.497 e. The highest BCUT2D eigenvalue weighted by atomic mass is 32.2. The summed E-state index contributed by atoms with van der Waals surface area (Å²) in [5.41, 5.74) is 2.93. The summed E-state index contributed by atoms with van der Waals surface area (Å²) < 4.78 is 5.71. The number of carbonyl (C=O) groups is 2. The zero-order valence-electron chi connectivity index (χ0n) is 17.7. The average Bonchev–Trinajstić information content (AvgIpc) is 3.03. The summed E-state index contributed by atoms with van der Waals surface area (Å²) >= 11 is 6.75. The summed E-state index contributed by atoms with van der Waals surface area (Å²) in [5.74, 6) is 0.701. The van der Waals surface area contributed by atoms with Crippen LogP contribution in [0.4, 0.5) is 5.69 Å². The maximum Gasteiger partial charge on any atom is 0.266 e. The lowest BCUT2D eigenvalue weighted by molar-refractivity contribution is -0.122. The van der Waals surface area contributed by atoms with Gasteiger partial charge in [0.05, 0.1) is 12.0 Å². The van der Waals surface area contributed by atoms with Crippen LogP contribution in [-0.2, 0) is 9.59 Å². The van der Waals surface area contributed by atoms with Crippen molar-refractivity contribution >= 4 is 51.9 Å². The highest BCUT2D eigenvalue weighted by molar-refractivity contribution is 8.26. The number of rotatable bonds is 9. The van der Waals surface area contributed by atoms with E-state index in [2.05, 4.69) is 5.32 Å². The number of ether oxygens (including phenoxy) is 1. The van der Waals surface area contributed by atoms with Crippen LogP contribution in [0.1, 0.15) is 36.8 Å². The van der Waals surface area contributed by atoms with Crippen molar-refractivity contribution in [2.75, 3.05) is 19.0 Å². The minimum atomic E-state index is -0.0344. The Labute approximate surface area is 192 Å². The van der Waals surface area contributed by atoms with Crippen LogP contribution in [0.25, 0.3) is 6.08 Å². The molecule has 1 fully saturated rings. The van der Waals surface area contributed by atoms with Crippen molar-refractivity contribution in [3.63, 3.8) is 0 Å². The molecular weight excluding hydrogens is 428 g/mol. The Morgan fingerprint density at radius 1 is 1.10 bits per heavy atom. The number of aryl methyl sites for hydroxylation is 1. The third-order valence-electron chi connectivity index (χ3n) is 4.91. The predicted molar refractivity (Wildman–Crippen MR) is 131 cm³/mol. The van der Waals surface area contributed by atoms with Gasteiger partial charge in [-0.3, -0.25) is 14.5 Å². The Kier molecular flexibility index (Phi) is 8.26. The quantitative estimate of drug-likeness (QED) is 0.312. The topological polar surface area (TPSA) is 58.6 Å². The van der Waals surface area contributed by atoms with Crippen LogP contribution < -0.4 is 10.1 Å². The first-order valence-electron chi connectivity index (χ1n) is 10.2. The fourth-order valence-electron chi connectivity index (χ4n) is 3.14. The molecule has 2 aromatic rings. The molecule has 2 aromatic carbocycles. The van der Waals surface area contributed by atoms with Crippen molar-refractivity contribution in [3.05, 3.63) is 64.6 Å². The van der Waals surface area contributed by atoms with Crippen LogP contribution in [0.2, 0.25) is 0 Å². The molecule has 0 aliphatic carbocycles. The molecule has 3 rings (SSSR count). The number of hydrogen-bond donors (Lipinski definition) is 1. The number of amides is 2. The normalized spacial score (nSPS) is 14.9. The predicted octanol–water partition coefficient (Wildman–Crippen LogP) is 5.40. The molecule has 162 valence electrons. The van der Waals surface area contributed by atoms with Gasteiger partial charge in [0.25, 0.3) is 5.91 Å². The maximum absolute atomic E-state index is 12.7. The van der Waals surface area contributed by atoms with Gasteiger partial charge in [-0.15, -0.1) is 0 Å². The summed E-state index contributed by atoms with van der Waals surface area (Å²) in [6, 6.07) is 15.3. The van der Waals surface area contributed by atoms with Crippen molar-refractivity contribution in [2.24, 2.45) is 0 Å². The molecule has 0 saturated carbocycles. The van der Waals surface area contributed by atoms with Gasteiger partial charge in [0.2, 0.25) is 5.91 Å². The molecule has 0 aromatic heterocycles. The molecule has 2 amide bonds. The van der Waals surface area contributed by atoms with Gasteiger partial charge in [-0.1, -0.05) is 60.2 Å². The second kappa shape index (κ2) is 11.1. The SMILES string of the molecule is COc1ccc(NC(=O)CCCCCN2C(=O)/C(=C/c3ccc(C)cc3)SC2=S)cc1. The number of benzene rings is 2. The first kappa shape index (κ1) is 23.0. The molecular formula is C24H26N2O3S2. The molecule has 0 spiro atoms. The summed E-state index contributed by atoms with van der Waals surface area (Å²) in [6.07, 6.45) is 4.75. The third-order valence-corrected chi connectivity index (χ3v) is 6.29. The van der Waals surface area contributed by atoms with E-state index in [1.807, 2.05) is 61.5 Å². The first-order chi connectivity index (χ1) is 15.0. The van der Waals surface area contributed by atoms with E-state index >= 15 is 0 Å². The zero-order valence-corrected chi connectivity index (χ0v) is 19.4. The molecule has 1 saturated heterocycles. The summed E-state index contributed by atoms with van der Waals surface area (Å²) in [6.45, 7) is 2.61. The zero-order chi connectivity index (χ0) is 22.2. The second-order valence-corrected chi connectivity index (χ2v) is 9.01. The lowest BCUT2D eigenvalue weighted by Crippen LogP contribution is -2.29. The van der Waals surface area contributed by atoms with Crippen LogP contribution in [0, 0.1) is 6.92 Å². The molecule has 1 aliphatic rings. The number of unbranched alkanes of at least 4 members (excludes halogenated alkanes) is 2. The second-order valence-electron chi connectivity index (χ2n) is 7.33.